The Kier molecular flexibility index (Phi) is 7.21. The molecule has 2 N–H and O–H groups in total. The lowest BCUT2D eigenvalue weighted by Crippen LogP contribution is -2.43. The van der Waals surface area contributed by atoms with Crippen molar-refractivity contribution in [1.82, 2.24) is 4.90 Å². The second-order valence-corrected chi connectivity index (χ2v) is 6.70. The van der Waals surface area contributed by atoms with Crippen molar-refractivity contribution in [2.75, 3.05) is 31.3 Å². The van der Waals surface area contributed by atoms with Gasteiger partial charge in [-0.2, -0.15) is 0 Å². The van der Waals surface area contributed by atoms with Crippen LogP contribution in [0.25, 0.3) is 0 Å². The van der Waals surface area contributed by atoms with E-state index in [0.717, 1.165) is 11.3 Å². The Morgan fingerprint density at radius 2 is 1.85 bits per heavy atom. The third-order valence-corrected chi connectivity index (χ3v) is 4.64. The highest BCUT2D eigenvalue weighted by atomic mass is 35.5. The highest BCUT2D eigenvalue weighted by molar-refractivity contribution is 6.31. The largest absolute Gasteiger partial charge is 0.495 e. The molecule has 2 aromatic rings. The molecule has 0 saturated carbocycles. The fourth-order valence-electron chi connectivity index (χ4n) is 2.45. The summed E-state index contributed by atoms with van der Waals surface area (Å²) in [5.74, 6) is 0.0453. The lowest BCUT2D eigenvalue weighted by molar-refractivity contribution is -0.122. The van der Waals surface area contributed by atoms with Gasteiger partial charge in [0.05, 0.1) is 25.4 Å². The zero-order valence-electron chi connectivity index (χ0n) is 15.9. The molecule has 1 unspecified atom stereocenters. The van der Waals surface area contributed by atoms with Crippen LogP contribution >= 0.6 is 11.6 Å². The molecule has 2 rings (SSSR count). The molecule has 0 saturated heterocycles. The summed E-state index contributed by atoms with van der Waals surface area (Å²) in [6.45, 7) is 3.67. The van der Waals surface area contributed by atoms with Crippen molar-refractivity contribution >= 4 is 34.8 Å². The number of rotatable bonds is 7. The Hall–Kier alpha value is -2.57. The molecule has 1 atom stereocenters. The van der Waals surface area contributed by atoms with Gasteiger partial charge in [0.2, 0.25) is 11.8 Å². The van der Waals surface area contributed by atoms with Gasteiger partial charge in [0, 0.05) is 16.8 Å². The standard InChI is InChI=1S/C20H24ClN3O3/c1-13-10-17(18(27-4)11-16(13)21)23-20(26)14(2)24(3)12-19(25)22-15-8-6-5-7-9-15/h5-11,14H,12H2,1-4H3,(H,22,25)(H,23,26). The molecule has 0 bridgehead atoms. The highest BCUT2D eigenvalue weighted by Gasteiger charge is 2.21. The minimum absolute atomic E-state index is 0.0836. The molecule has 2 aromatic carbocycles. The maximum absolute atomic E-state index is 12.6. The highest BCUT2D eigenvalue weighted by Crippen LogP contribution is 2.31. The van der Waals surface area contributed by atoms with Gasteiger partial charge < -0.3 is 15.4 Å². The predicted molar refractivity (Wildman–Crippen MR) is 109 cm³/mol. The van der Waals surface area contributed by atoms with Crippen LogP contribution in [0.4, 0.5) is 11.4 Å². The van der Waals surface area contributed by atoms with Crippen LogP contribution in [-0.4, -0.2) is 43.5 Å². The number of amides is 2. The van der Waals surface area contributed by atoms with Gasteiger partial charge in [-0.25, -0.2) is 0 Å². The number of benzene rings is 2. The topological polar surface area (TPSA) is 70.7 Å². The van der Waals surface area contributed by atoms with Crippen LogP contribution in [0.2, 0.25) is 5.02 Å². The Labute approximate surface area is 164 Å². The normalized spacial score (nSPS) is 11.8. The summed E-state index contributed by atoms with van der Waals surface area (Å²) in [6.07, 6.45) is 0. The van der Waals surface area contributed by atoms with E-state index in [1.54, 1.807) is 31.0 Å². The summed E-state index contributed by atoms with van der Waals surface area (Å²) in [4.78, 5) is 26.4. The molecular weight excluding hydrogens is 366 g/mol. The molecular formula is C20H24ClN3O3. The first kappa shape index (κ1) is 20.7. The third kappa shape index (κ3) is 5.70. The number of anilines is 2. The van der Waals surface area contributed by atoms with E-state index in [1.807, 2.05) is 37.3 Å². The number of hydrogen-bond acceptors (Lipinski definition) is 4. The molecule has 144 valence electrons. The summed E-state index contributed by atoms with van der Waals surface area (Å²) >= 11 is 6.09. The molecule has 0 aliphatic rings. The first-order valence-corrected chi connectivity index (χ1v) is 8.89. The summed E-state index contributed by atoms with van der Waals surface area (Å²) in [5, 5.41) is 6.20. The third-order valence-electron chi connectivity index (χ3n) is 4.23. The maximum atomic E-state index is 12.6. The average Bonchev–Trinajstić information content (AvgIpc) is 2.64. The molecule has 0 aromatic heterocycles. The summed E-state index contributed by atoms with van der Waals surface area (Å²) in [6, 6.07) is 12.1. The van der Waals surface area contributed by atoms with Crippen molar-refractivity contribution < 1.29 is 14.3 Å². The van der Waals surface area contributed by atoms with Gasteiger partial charge in [0.1, 0.15) is 5.75 Å². The maximum Gasteiger partial charge on any atom is 0.241 e. The average molecular weight is 390 g/mol. The van der Waals surface area contributed by atoms with Gasteiger partial charge in [0.25, 0.3) is 0 Å². The smallest absolute Gasteiger partial charge is 0.241 e. The number of carbonyl (C=O) groups excluding carboxylic acids is 2. The number of ether oxygens (including phenoxy) is 1. The number of nitrogens with zero attached hydrogens (tertiary/aromatic N) is 1. The number of likely N-dealkylation sites (N-methyl/N-ethyl adjacent to an activating group) is 1. The van der Waals surface area contributed by atoms with Crippen LogP contribution in [0.15, 0.2) is 42.5 Å². The lowest BCUT2D eigenvalue weighted by Gasteiger charge is -2.24. The van der Waals surface area contributed by atoms with E-state index < -0.39 is 6.04 Å². The van der Waals surface area contributed by atoms with Crippen molar-refractivity contribution in [3.8, 4) is 5.75 Å². The van der Waals surface area contributed by atoms with E-state index in [9.17, 15) is 9.59 Å². The Morgan fingerprint density at radius 3 is 2.48 bits per heavy atom. The van der Waals surface area contributed by atoms with Gasteiger partial charge in [-0.05, 0) is 44.7 Å². The Balaban J connectivity index is 1.98. The van der Waals surface area contributed by atoms with Crippen molar-refractivity contribution in [3.05, 3.63) is 53.1 Å². The molecule has 0 heterocycles. The number of nitrogens with one attached hydrogen (secondary N) is 2. The van der Waals surface area contributed by atoms with Crippen LogP contribution in [0.5, 0.6) is 5.75 Å². The monoisotopic (exact) mass is 389 g/mol. The zero-order chi connectivity index (χ0) is 20.0. The van der Waals surface area contributed by atoms with Crippen molar-refractivity contribution in [3.63, 3.8) is 0 Å². The molecule has 0 spiro atoms. The minimum Gasteiger partial charge on any atom is -0.495 e. The SMILES string of the molecule is COc1cc(Cl)c(C)cc1NC(=O)C(C)N(C)CC(=O)Nc1ccccc1. The van der Waals surface area contributed by atoms with E-state index in [0.29, 0.717) is 16.5 Å². The van der Waals surface area contributed by atoms with Crippen LogP contribution in [0.1, 0.15) is 12.5 Å². The molecule has 7 heteroatoms. The summed E-state index contributed by atoms with van der Waals surface area (Å²) in [5.41, 5.74) is 2.09. The second kappa shape index (κ2) is 9.39. The molecule has 6 nitrogen and oxygen atoms in total. The first-order valence-electron chi connectivity index (χ1n) is 8.52. The number of carbonyl (C=O) groups is 2. The number of para-hydroxylation sites is 1. The quantitative estimate of drug-likeness (QED) is 0.759. The fraction of sp³-hybridized carbons (Fsp3) is 0.300. The summed E-state index contributed by atoms with van der Waals surface area (Å²) < 4.78 is 5.28. The van der Waals surface area contributed by atoms with E-state index in [-0.39, 0.29) is 18.4 Å². The van der Waals surface area contributed by atoms with Gasteiger partial charge in [0.15, 0.2) is 0 Å². The van der Waals surface area contributed by atoms with Crippen molar-refractivity contribution in [2.24, 2.45) is 0 Å². The number of hydrogen-bond donors (Lipinski definition) is 2. The van der Waals surface area contributed by atoms with Crippen molar-refractivity contribution in [1.29, 1.82) is 0 Å². The molecule has 2 amide bonds. The minimum atomic E-state index is -0.521. The lowest BCUT2D eigenvalue weighted by atomic mass is 10.2. The van der Waals surface area contributed by atoms with E-state index in [2.05, 4.69) is 10.6 Å². The molecule has 0 aliphatic heterocycles. The molecule has 0 aliphatic carbocycles. The predicted octanol–water partition coefficient (Wildman–Crippen LogP) is 3.55. The summed E-state index contributed by atoms with van der Waals surface area (Å²) in [7, 11) is 3.24. The number of halogens is 1. The van der Waals surface area contributed by atoms with Crippen LogP contribution in [-0.2, 0) is 9.59 Å². The van der Waals surface area contributed by atoms with Crippen molar-refractivity contribution in [2.45, 2.75) is 19.9 Å². The molecule has 0 fully saturated rings. The fourth-order valence-corrected chi connectivity index (χ4v) is 2.61. The van der Waals surface area contributed by atoms with E-state index in [4.69, 9.17) is 16.3 Å². The van der Waals surface area contributed by atoms with Gasteiger partial charge >= 0.3 is 0 Å². The van der Waals surface area contributed by atoms with Gasteiger partial charge in [-0.3, -0.25) is 14.5 Å². The number of aryl methyl sites for hydroxylation is 1. The molecule has 27 heavy (non-hydrogen) atoms. The molecule has 0 radical (unpaired) electrons. The van der Waals surface area contributed by atoms with E-state index in [1.165, 1.54) is 7.11 Å². The van der Waals surface area contributed by atoms with Gasteiger partial charge in [-0.1, -0.05) is 29.8 Å². The van der Waals surface area contributed by atoms with Crippen LogP contribution in [0, 0.1) is 6.92 Å². The van der Waals surface area contributed by atoms with E-state index >= 15 is 0 Å². The van der Waals surface area contributed by atoms with Crippen LogP contribution in [0.3, 0.4) is 0 Å². The number of methoxy groups -OCH3 is 1. The Morgan fingerprint density at radius 1 is 1.19 bits per heavy atom. The van der Waals surface area contributed by atoms with Gasteiger partial charge in [-0.15, -0.1) is 0 Å². The zero-order valence-corrected chi connectivity index (χ0v) is 16.6. The first-order chi connectivity index (χ1) is 12.8. The Bertz CT molecular complexity index is 812. The second-order valence-electron chi connectivity index (χ2n) is 6.30. The van der Waals surface area contributed by atoms with Crippen LogP contribution < -0.4 is 15.4 Å².